The third kappa shape index (κ3) is 8.90. The molecule has 0 radical (unpaired) electrons. The number of nitriles is 1. The number of hydrogen-bond acceptors (Lipinski definition) is 5. The zero-order valence-electron chi connectivity index (χ0n) is 18.2. The number of carboxylic acids is 1. The van der Waals surface area contributed by atoms with Gasteiger partial charge in [0, 0.05) is 11.1 Å². The Kier molecular flexibility index (Phi) is 11.7. The van der Waals surface area contributed by atoms with E-state index in [1.165, 1.54) is 6.08 Å². The summed E-state index contributed by atoms with van der Waals surface area (Å²) >= 11 is 1.02. The quantitative estimate of drug-likeness (QED) is 0.204. The van der Waals surface area contributed by atoms with Gasteiger partial charge in [-0.25, -0.2) is 4.79 Å². The average molecular weight is 447 g/mol. The van der Waals surface area contributed by atoms with Gasteiger partial charge in [0.2, 0.25) is 0 Å². The van der Waals surface area contributed by atoms with Gasteiger partial charge >= 0.3 is 5.97 Å². The molecule has 0 saturated heterocycles. The van der Waals surface area contributed by atoms with Gasteiger partial charge in [-0.1, -0.05) is 61.3 Å². The van der Waals surface area contributed by atoms with Gasteiger partial charge in [0.1, 0.15) is 11.5 Å². The summed E-state index contributed by atoms with van der Waals surface area (Å²) < 4.78 is 5.44. The van der Waals surface area contributed by atoms with E-state index in [9.17, 15) is 4.79 Å². The Bertz CT molecular complexity index is 1060. The van der Waals surface area contributed by atoms with Crippen LogP contribution in [0.1, 0.15) is 30.7 Å². The topological polar surface area (TPSA) is 83.2 Å². The highest BCUT2D eigenvalue weighted by Gasteiger charge is 2.12. The van der Waals surface area contributed by atoms with Gasteiger partial charge in [-0.2, -0.15) is 5.26 Å². The Balaban J connectivity index is 0.000000363. The molecule has 164 valence electrons. The summed E-state index contributed by atoms with van der Waals surface area (Å²) in [6.07, 6.45) is 8.88. The molecule has 0 amide bonds. The lowest BCUT2D eigenvalue weighted by Gasteiger charge is -2.07. The van der Waals surface area contributed by atoms with Crippen molar-refractivity contribution >= 4 is 22.6 Å². The number of thioether (sulfide) groups is 1. The van der Waals surface area contributed by atoms with Crippen molar-refractivity contribution in [3.63, 3.8) is 0 Å². The molecule has 1 N–H and O–H groups in total. The molecule has 32 heavy (non-hydrogen) atoms. The molecule has 0 aliphatic rings. The summed E-state index contributed by atoms with van der Waals surface area (Å²) in [4.78, 5) is 15.8. The maximum absolute atomic E-state index is 10.9. The molecular formula is C26H26N2O3S. The number of nitrogens with zero attached hydrogens (tertiary/aromatic N) is 2. The van der Waals surface area contributed by atoms with Gasteiger partial charge in [0.15, 0.2) is 0 Å². The van der Waals surface area contributed by atoms with Gasteiger partial charge in [0.05, 0.1) is 22.2 Å². The number of para-hydroxylation sites is 1. The van der Waals surface area contributed by atoms with Crippen molar-refractivity contribution < 1.29 is 14.6 Å². The normalized spacial score (nSPS) is 10.8. The van der Waals surface area contributed by atoms with E-state index >= 15 is 0 Å². The fraction of sp³-hybridized carbons (Fsp3) is 0.115. The third-order valence-electron chi connectivity index (χ3n) is 3.84. The molecule has 6 heteroatoms. The summed E-state index contributed by atoms with van der Waals surface area (Å²) in [7, 11) is 0. The molecular weight excluding hydrogens is 420 g/mol. The summed E-state index contributed by atoms with van der Waals surface area (Å²) in [5.74, 6) is 0.687. The SMILES string of the molecule is C=C/C=C(\C)Oc1ccccc1.C=CCc1cnc(C(=C)S/C(=C\C)C(=O)O)cc1C#N. The Morgan fingerprint density at radius 3 is 2.53 bits per heavy atom. The molecule has 0 spiro atoms. The highest BCUT2D eigenvalue weighted by atomic mass is 32.2. The van der Waals surface area contributed by atoms with Gasteiger partial charge in [0.25, 0.3) is 0 Å². The molecule has 0 bridgehead atoms. The van der Waals surface area contributed by atoms with Crippen LogP contribution in [0.25, 0.3) is 4.91 Å². The lowest BCUT2D eigenvalue weighted by Crippen LogP contribution is -1.98. The molecule has 5 nitrogen and oxygen atoms in total. The minimum absolute atomic E-state index is 0.172. The number of pyridine rings is 1. The van der Waals surface area contributed by atoms with Crippen LogP contribution in [0.2, 0.25) is 0 Å². The van der Waals surface area contributed by atoms with E-state index in [-0.39, 0.29) is 4.91 Å². The molecule has 1 heterocycles. The van der Waals surface area contributed by atoms with E-state index in [1.807, 2.05) is 43.3 Å². The van der Waals surface area contributed by atoms with Crippen molar-refractivity contribution in [3.05, 3.63) is 114 Å². The maximum atomic E-state index is 10.9. The minimum atomic E-state index is -1.01. The summed E-state index contributed by atoms with van der Waals surface area (Å²) in [6, 6.07) is 13.4. The molecule has 1 aromatic heterocycles. The number of aromatic nitrogens is 1. The molecule has 0 fully saturated rings. The molecule has 0 aliphatic carbocycles. The molecule has 0 atom stereocenters. The van der Waals surface area contributed by atoms with Crippen molar-refractivity contribution in [1.82, 2.24) is 4.98 Å². The van der Waals surface area contributed by atoms with Gasteiger partial charge in [-0.15, -0.1) is 6.58 Å². The lowest BCUT2D eigenvalue weighted by atomic mass is 10.1. The maximum Gasteiger partial charge on any atom is 0.342 e. The second kappa shape index (κ2) is 14.2. The van der Waals surface area contributed by atoms with E-state index in [1.54, 1.807) is 31.3 Å². The fourth-order valence-corrected chi connectivity index (χ4v) is 3.03. The van der Waals surface area contributed by atoms with E-state index in [2.05, 4.69) is 30.8 Å². The van der Waals surface area contributed by atoms with Gasteiger partial charge < -0.3 is 9.84 Å². The van der Waals surface area contributed by atoms with E-state index < -0.39 is 5.97 Å². The molecule has 2 aromatic rings. The van der Waals surface area contributed by atoms with Crippen LogP contribution in [-0.2, 0) is 11.2 Å². The Morgan fingerprint density at radius 2 is 2.00 bits per heavy atom. The highest BCUT2D eigenvalue weighted by molar-refractivity contribution is 8.12. The number of carbonyl (C=O) groups is 1. The Hall–Kier alpha value is -3.82. The number of carboxylic acid groups (broad SMARTS) is 1. The standard InChI is InChI=1S/C15H14N2O2S.C11H12O/c1-4-6-11-9-17-13(7-12(11)8-16)10(3)20-14(5-2)15(18)19;1-3-7-10(2)12-11-8-5-4-6-9-11/h4-5,7,9H,1,3,6H2,2H3,(H,18,19);3-9H,1H2,2H3/b14-5-;10-7+. The predicted octanol–water partition coefficient (Wildman–Crippen LogP) is 6.53. The number of aliphatic carboxylic acids is 1. The first kappa shape index (κ1) is 26.2. The molecule has 0 aliphatic heterocycles. The smallest absolute Gasteiger partial charge is 0.342 e. The monoisotopic (exact) mass is 446 g/mol. The van der Waals surface area contributed by atoms with Crippen molar-refractivity contribution in [2.75, 3.05) is 0 Å². The molecule has 0 saturated carbocycles. The van der Waals surface area contributed by atoms with E-state index in [0.717, 1.165) is 28.8 Å². The van der Waals surface area contributed by atoms with Crippen LogP contribution in [0.15, 0.2) is 97.3 Å². The van der Waals surface area contributed by atoms with Crippen LogP contribution in [0, 0.1) is 11.3 Å². The molecule has 0 unspecified atom stereocenters. The predicted molar refractivity (Wildman–Crippen MR) is 132 cm³/mol. The largest absolute Gasteiger partial charge is 0.477 e. The summed E-state index contributed by atoms with van der Waals surface area (Å²) in [6.45, 7) is 14.6. The molecule has 1 aromatic carbocycles. The second-order valence-electron chi connectivity index (χ2n) is 6.24. The number of hydrogen-bond donors (Lipinski definition) is 1. The first-order chi connectivity index (χ1) is 15.4. The fourth-order valence-electron chi connectivity index (χ4n) is 2.34. The van der Waals surface area contributed by atoms with Crippen molar-refractivity contribution in [1.29, 1.82) is 5.26 Å². The zero-order chi connectivity index (χ0) is 23.9. The van der Waals surface area contributed by atoms with Gasteiger partial charge in [-0.05, 0) is 50.1 Å². The first-order valence-electron chi connectivity index (χ1n) is 9.65. The van der Waals surface area contributed by atoms with E-state index in [0.29, 0.717) is 22.6 Å². The first-order valence-corrected chi connectivity index (χ1v) is 10.5. The number of ether oxygens (including phenoxy) is 1. The average Bonchev–Trinajstić information content (AvgIpc) is 2.78. The van der Waals surface area contributed by atoms with Crippen molar-refractivity contribution in [3.8, 4) is 11.8 Å². The Labute approximate surface area is 193 Å². The number of allylic oxidation sites excluding steroid dienone is 5. The van der Waals surface area contributed by atoms with Crippen LogP contribution in [0.5, 0.6) is 5.75 Å². The van der Waals surface area contributed by atoms with Crippen LogP contribution < -0.4 is 4.74 Å². The van der Waals surface area contributed by atoms with Crippen molar-refractivity contribution in [2.24, 2.45) is 0 Å². The number of benzene rings is 1. The second-order valence-corrected chi connectivity index (χ2v) is 7.38. The lowest BCUT2D eigenvalue weighted by molar-refractivity contribution is -0.131. The third-order valence-corrected chi connectivity index (χ3v) is 4.92. The van der Waals surface area contributed by atoms with Crippen molar-refractivity contribution in [2.45, 2.75) is 20.3 Å². The van der Waals surface area contributed by atoms with E-state index in [4.69, 9.17) is 15.1 Å². The highest BCUT2D eigenvalue weighted by Crippen LogP contribution is 2.31. The summed E-state index contributed by atoms with van der Waals surface area (Å²) in [5, 5.41) is 18.1. The van der Waals surface area contributed by atoms with Crippen LogP contribution in [0.4, 0.5) is 0 Å². The Morgan fingerprint density at radius 1 is 1.31 bits per heavy atom. The van der Waals surface area contributed by atoms with Crippen LogP contribution in [0.3, 0.4) is 0 Å². The number of rotatable bonds is 9. The van der Waals surface area contributed by atoms with Crippen LogP contribution in [-0.4, -0.2) is 16.1 Å². The molecule has 2 rings (SSSR count). The zero-order valence-corrected chi connectivity index (χ0v) is 19.1. The minimum Gasteiger partial charge on any atom is -0.477 e. The van der Waals surface area contributed by atoms with Crippen LogP contribution >= 0.6 is 11.8 Å². The van der Waals surface area contributed by atoms with Gasteiger partial charge in [-0.3, -0.25) is 4.98 Å². The summed E-state index contributed by atoms with van der Waals surface area (Å²) in [5.41, 5.74) is 1.78.